The van der Waals surface area contributed by atoms with Gasteiger partial charge in [0.15, 0.2) is 0 Å². The van der Waals surface area contributed by atoms with Crippen molar-refractivity contribution in [2.75, 3.05) is 19.4 Å². The zero-order chi connectivity index (χ0) is 19.5. The van der Waals surface area contributed by atoms with E-state index in [4.69, 9.17) is 9.47 Å². The maximum atomic E-state index is 13.1. The fraction of sp³-hybridized carbons (Fsp3) is 0.529. The molecule has 1 unspecified atom stereocenters. The van der Waals surface area contributed by atoms with Crippen molar-refractivity contribution in [2.24, 2.45) is 0 Å². The molecule has 0 radical (unpaired) electrons. The van der Waals surface area contributed by atoms with Gasteiger partial charge in [0.05, 0.1) is 18.0 Å². The summed E-state index contributed by atoms with van der Waals surface area (Å²) in [5, 5.41) is -0.259. The molecule has 1 aliphatic rings. The molecule has 9 heteroatoms. The van der Waals surface area contributed by atoms with Crippen LogP contribution in [0.1, 0.15) is 27.2 Å². The fourth-order valence-electron chi connectivity index (χ4n) is 2.49. The van der Waals surface area contributed by atoms with Crippen molar-refractivity contribution in [1.82, 2.24) is 4.31 Å². The molecular formula is C17H23NO6S2. The summed E-state index contributed by atoms with van der Waals surface area (Å²) in [7, 11) is -2.57. The molecule has 1 saturated heterocycles. The topological polar surface area (TPSA) is 90.0 Å². The number of sulfonamides is 1. The average molecular weight is 402 g/mol. The molecule has 0 spiro atoms. The van der Waals surface area contributed by atoms with E-state index in [1.165, 1.54) is 31.4 Å². The van der Waals surface area contributed by atoms with Gasteiger partial charge >= 0.3 is 5.97 Å². The first-order chi connectivity index (χ1) is 12.0. The van der Waals surface area contributed by atoms with Crippen molar-refractivity contribution >= 4 is 32.9 Å². The second-order valence-corrected chi connectivity index (χ2v) is 9.77. The summed E-state index contributed by atoms with van der Waals surface area (Å²) in [6, 6.07) is 4.94. The van der Waals surface area contributed by atoms with Gasteiger partial charge in [0, 0.05) is 5.75 Å². The number of nitrogens with zero attached hydrogens (tertiary/aromatic N) is 1. The van der Waals surface area contributed by atoms with Gasteiger partial charge in [-0.15, -0.1) is 0 Å². The van der Waals surface area contributed by atoms with Crippen LogP contribution in [0.4, 0.5) is 0 Å². The zero-order valence-corrected chi connectivity index (χ0v) is 16.9. The molecule has 0 aromatic heterocycles. The van der Waals surface area contributed by atoms with E-state index in [9.17, 15) is 18.0 Å². The number of rotatable bonds is 6. The molecule has 1 aliphatic heterocycles. The molecule has 2 rings (SSSR count). The fourth-order valence-corrected chi connectivity index (χ4v) is 5.10. The van der Waals surface area contributed by atoms with E-state index < -0.39 is 34.2 Å². The second kappa shape index (κ2) is 7.98. The number of esters is 1. The highest BCUT2D eigenvalue weighted by Gasteiger charge is 2.40. The Morgan fingerprint density at radius 3 is 2.35 bits per heavy atom. The third-order valence-corrected chi connectivity index (χ3v) is 6.49. The van der Waals surface area contributed by atoms with E-state index in [2.05, 4.69) is 0 Å². The predicted octanol–water partition coefficient (Wildman–Crippen LogP) is 2.06. The first-order valence-corrected chi connectivity index (χ1v) is 10.5. The van der Waals surface area contributed by atoms with Gasteiger partial charge in [0.1, 0.15) is 17.9 Å². The van der Waals surface area contributed by atoms with Crippen LogP contribution in [0.25, 0.3) is 0 Å². The lowest BCUT2D eigenvalue weighted by atomic mass is 10.2. The lowest BCUT2D eigenvalue weighted by Crippen LogP contribution is -2.46. The van der Waals surface area contributed by atoms with E-state index in [1.54, 1.807) is 20.8 Å². The highest BCUT2D eigenvalue weighted by Crippen LogP contribution is 2.29. The number of carbonyl (C=O) groups is 2. The van der Waals surface area contributed by atoms with Crippen LogP contribution < -0.4 is 4.74 Å². The first-order valence-electron chi connectivity index (χ1n) is 8.09. The van der Waals surface area contributed by atoms with Gasteiger partial charge in [0.25, 0.3) is 0 Å². The number of thioether (sulfide) groups is 1. The highest BCUT2D eigenvalue weighted by molar-refractivity contribution is 8.14. The molecule has 7 nitrogen and oxygen atoms in total. The van der Waals surface area contributed by atoms with E-state index in [0.29, 0.717) is 17.9 Å². The predicted molar refractivity (Wildman–Crippen MR) is 98.6 cm³/mol. The smallest absolute Gasteiger partial charge is 0.321 e. The maximum Gasteiger partial charge on any atom is 0.321 e. The van der Waals surface area contributed by atoms with Crippen molar-refractivity contribution in [3.63, 3.8) is 0 Å². The minimum atomic E-state index is -4.05. The summed E-state index contributed by atoms with van der Waals surface area (Å²) >= 11 is 1.07. The molecule has 0 aliphatic carbocycles. The number of hydrogen-bond acceptors (Lipinski definition) is 7. The van der Waals surface area contributed by atoms with Crippen LogP contribution in [0, 0.1) is 0 Å². The Morgan fingerprint density at radius 2 is 1.88 bits per heavy atom. The van der Waals surface area contributed by atoms with E-state index >= 15 is 0 Å². The Hall–Kier alpha value is -1.58. The minimum Gasteiger partial charge on any atom is -0.497 e. The Bertz CT molecular complexity index is 767. The SMILES string of the molecule is COc1ccc(S(=O)(=O)N(CC(=O)OC(C)(C)C)C2CCSC2=O)cc1. The Labute approximate surface area is 158 Å². The number of ether oxygens (including phenoxy) is 2. The lowest BCUT2D eigenvalue weighted by molar-refractivity contribution is -0.155. The Balaban J connectivity index is 2.35. The van der Waals surface area contributed by atoms with Gasteiger partial charge in [-0.1, -0.05) is 11.8 Å². The second-order valence-electron chi connectivity index (χ2n) is 6.78. The van der Waals surface area contributed by atoms with Gasteiger partial charge in [-0.05, 0) is 51.5 Å². The van der Waals surface area contributed by atoms with Crippen molar-refractivity contribution in [2.45, 2.75) is 43.7 Å². The lowest BCUT2D eigenvalue weighted by Gasteiger charge is -2.27. The maximum absolute atomic E-state index is 13.1. The number of carbonyl (C=O) groups excluding carboxylic acids is 2. The van der Waals surface area contributed by atoms with Gasteiger partial charge in [-0.3, -0.25) is 9.59 Å². The molecule has 0 amide bonds. The van der Waals surface area contributed by atoms with E-state index in [0.717, 1.165) is 16.1 Å². The standard InChI is InChI=1S/C17H23NO6S2/c1-17(2,3)24-15(19)11-18(14-9-10-25-16(14)20)26(21,22)13-7-5-12(23-4)6-8-13/h5-8,14H,9-11H2,1-4H3. The van der Waals surface area contributed by atoms with E-state index in [1.807, 2.05) is 0 Å². The number of benzene rings is 1. The normalized spacial score (nSPS) is 18.2. The summed E-state index contributed by atoms with van der Waals surface area (Å²) < 4.78 is 37.4. The molecule has 144 valence electrons. The summed E-state index contributed by atoms with van der Waals surface area (Å²) in [5.41, 5.74) is -0.749. The largest absolute Gasteiger partial charge is 0.497 e. The van der Waals surface area contributed by atoms with Crippen molar-refractivity contribution in [3.8, 4) is 5.75 Å². The molecule has 26 heavy (non-hydrogen) atoms. The van der Waals surface area contributed by atoms with Gasteiger partial charge in [-0.2, -0.15) is 4.31 Å². The molecule has 1 aromatic rings. The molecular weight excluding hydrogens is 378 g/mol. The highest BCUT2D eigenvalue weighted by atomic mass is 32.2. The van der Waals surface area contributed by atoms with Crippen molar-refractivity contribution in [1.29, 1.82) is 0 Å². The van der Waals surface area contributed by atoms with Crippen LogP contribution in [0.15, 0.2) is 29.2 Å². The Kier molecular flexibility index (Phi) is 6.36. The number of methoxy groups -OCH3 is 1. The van der Waals surface area contributed by atoms with Crippen LogP contribution in [0.5, 0.6) is 5.75 Å². The van der Waals surface area contributed by atoms with Crippen LogP contribution in [-0.2, 0) is 24.3 Å². The van der Waals surface area contributed by atoms with E-state index in [-0.39, 0.29) is 10.0 Å². The molecule has 0 bridgehead atoms. The first kappa shape index (κ1) is 20.7. The molecule has 0 saturated carbocycles. The van der Waals surface area contributed by atoms with Gasteiger partial charge < -0.3 is 9.47 Å². The molecule has 0 N–H and O–H groups in total. The van der Waals surface area contributed by atoms with Crippen molar-refractivity contribution < 1.29 is 27.5 Å². The third kappa shape index (κ3) is 4.99. The summed E-state index contributed by atoms with van der Waals surface area (Å²) in [5.74, 6) is 0.335. The van der Waals surface area contributed by atoms with Crippen molar-refractivity contribution in [3.05, 3.63) is 24.3 Å². The van der Waals surface area contributed by atoms with Gasteiger partial charge in [0.2, 0.25) is 15.1 Å². The zero-order valence-electron chi connectivity index (χ0n) is 15.2. The average Bonchev–Trinajstić information content (AvgIpc) is 2.96. The quantitative estimate of drug-likeness (QED) is 0.674. The summed E-state index contributed by atoms with van der Waals surface area (Å²) in [6.45, 7) is 4.58. The van der Waals surface area contributed by atoms with Gasteiger partial charge in [-0.25, -0.2) is 8.42 Å². The molecule has 1 fully saturated rings. The number of hydrogen-bond donors (Lipinski definition) is 0. The molecule has 1 aromatic carbocycles. The molecule has 1 atom stereocenters. The monoisotopic (exact) mass is 401 g/mol. The van der Waals surface area contributed by atoms with Crippen LogP contribution >= 0.6 is 11.8 Å². The third-order valence-electron chi connectivity index (χ3n) is 3.63. The van der Waals surface area contributed by atoms with Crippen LogP contribution in [0.3, 0.4) is 0 Å². The molecule has 1 heterocycles. The van der Waals surface area contributed by atoms with Crippen LogP contribution in [0.2, 0.25) is 0 Å². The summed E-state index contributed by atoms with van der Waals surface area (Å²) in [4.78, 5) is 24.4. The summed E-state index contributed by atoms with van der Waals surface area (Å²) in [6.07, 6.45) is 0.363. The van der Waals surface area contributed by atoms with Crippen LogP contribution in [-0.4, -0.2) is 54.9 Å². The minimum absolute atomic E-state index is 0.00782. The Morgan fingerprint density at radius 1 is 1.27 bits per heavy atom.